The van der Waals surface area contributed by atoms with Crippen LogP contribution in [0.5, 0.6) is 5.75 Å². The van der Waals surface area contributed by atoms with Crippen LogP contribution in [0.3, 0.4) is 0 Å². The Bertz CT molecular complexity index is 544. The Morgan fingerprint density at radius 3 is 2.50 bits per heavy atom. The fourth-order valence-corrected chi connectivity index (χ4v) is 2.69. The summed E-state index contributed by atoms with van der Waals surface area (Å²) in [6.45, 7) is 1.97. The summed E-state index contributed by atoms with van der Waals surface area (Å²) in [5.41, 5.74) is 2.82. The van der Waals surface area contributed by atoms with Crippen LogP contribution in [0.1, 0.15) is 24.0 Å². The molecule has 0 atom stereocenters. The van der Waals surface area contributed by atoms with E-state index in [1.165, 1.54) is 0 Å². The van der Waals surface area contributed by atoms with Crippen LogP contribution < -0.4 is 4.74 Å². The second-order valence-electron chi connectivity index (χ2n) is 4.21. The molecule has 1 nitrogen and oxygen atoms in total. The molecule has 0 amide bonds. The van der Waals surface area contributed by atoms with Gasteiger partial charge < -0.3 is 4.74 Å². The van der Waals surface area contributed by atoms with Crippen LogP contribution >= 0.6 is 34.8 Å². The van der Waals surface area contributed by atoms with Crippen LogP contribution in [0.2, 0.25) is 5.02 Å². The number of hydrogen-bond acceptors (Lipinski definition) is 1. The molecule has 0 bridgehead atoms. The second kappa shape index (κ2) is 5.56. The predicted octanol–water partition coefficient (Wildman–Crippen LogP) is 5.52. The quantitative estimate of drug-likeness (QED) is 0.698. The summed E-state index contributed by atoms with van der Waals surface area (Å²) in [6.07, 6.45) is 3.44. The summed E-state index contributed by atoms with van der Waals surface area (Å²) in [5.74, 6) is 0.770. The molecule has 0 N–H and O–H groups in total. The summed E-state index contributed by atoms with van der Waals surface area (Å²) in [4.78, 5) is 0. The Morgan fingerprint density at radius 1 is 1.11 bits per heavy atom. The third kappa shape index (κ3) is 2.69. The first kappa shape index (κ1) is 13.8. The van der Waals surface area contributed by atoms with E-state index in [2.05, 4.69) is 0 Å². The van der Waals surface area contributed by atoms with Crippen molar-refractivity contribution >= 4 is 40.4 Å². The maximum atomic E-state index is 6.28. The maximum absolute atomic E-state index is 6.28. The number of aryl methyl sites for hydroxylation is 1. The lowest BCUT2D eigenvalue weighted by Crippen LogP contribution is -1.96. The molecule has 1 aromatic rings. The highest BCUT2D eigenvalue weighted by molar-refractivity contribution is 6.37. The zero-order chi connectivity index (χ0) is 13.3. The maximum Gasteiger partial charge on any atom is 0.123 e. The van der Waals surface area contributed by atoms with Crippen molar-refractivity contribution in [2.75, 3.05) is 7.11 Å². The molecule has 18 heavy (non-hydrogen) atoms. The smallest absolute Gasteiger partial charge is 0.123 e. The zero-order valence-corrected chi connectivity index (χ0v) is 12.5. The minimum absolute atomic E-state index is 0.619. The van der Waals surface area contributed by atoms with Gasteiger partial charge in [-0.05, 0) is 49.1 Å². The lowest BCUT2D eigenvalue weighted by atomic mass is 9.97. The summed E-state index contributed by atoms with van der Waals surface area (Å²) in [7, 11) is 1.63. The van der Waals surface area contributed by atoms with Crippen molar-refractivity contribution in [1.29, 1.82) is 0 Å². The van der Waals surface area contributed by atoms with Crippen LogP contribution in [0, 0.1) is 6.92 Å². The SMILES string of the molecule is COc1cc(Cl)c(C2=C(Cl)CCC(Cl)=C2)cc1C. The van der Waals surface area contributed by atoms with Gasteiger partial charge in [0, 0.05) is 15.6 Å². The topological polar surface area (TPSA) is 9.23 Å². The highest BCUT2D eigenvalue weighted by atomic mass is 35.5. The summed E-state index contributed by atoms with van der Waals surface area (Å²) >= 11 is 18.6. The van der Waals surface area contributed by atoms with Crippen molar-refractivity contribution < 1.29 is 4.74 Å². The van der Waals surface area contributed by atoms with Gasteiger partial charge in [-0.1, -0.05) is 34.8 Å². The van der Waals surface area contributed by atoms with Gasteiger partial charge in [0.15, 0.2) is 0 Å². The fraction of sp³-hybridized carbons (Fsp3) is 0.286. The van der Waals surface area contributed by atoms with E-state index >= 15 is 0 Å². The van der Waals surface area contributed by atoms with Gasteiger partial charge in [-0.25, -0.2) is 0 Å². The minimum Gasteiger partial charge on any atom is -0.496 e. The largest absolute Gasteiger partial charge is 0.496 e. The van der Waals surface area contributed by atoms with Gasteiger partial charge >= 0.3 is 0 Å². The Balaban J connectivity index is 2.55. The molecule has 1 aliphatic carbocycles. The molecule has 0 unspecified atom stereocenters. The van der Waals surface area contributed by atoms with E-state index in [0.717, 1.165) is 45.4 Å². The van der Waals surface area contributed by atoms with Crippen LogP contribution in [-0.4, -0.2) is 7.11 Å². The minimum atomic E-state index is 0.619. The van der Waals surface area contributed by atoms with Gasteiger partial charge in [-0.15, -0.1) is 0 Å². The number of benzene rings is 1. The lowest BCUT2D eigenvalue weighted by Gasteiger charge is -2.16. The highest BCUT2D eigenvalue weighted by Crippen LogP contribution is 2.39. The first-order valence-corrected chi connectivity index (χ1v) is 6.75. The number of allylic oxidation sites excluding steroid dienone is 4. The Hall–Kier alpha value is -0.630. The first-order chi connectivity index (χ1) is 8.52. The zero-order valence-electron chi connectivity index (χ0n) is 10.2. The molecular formula is C14H13Cl3O. The standard InChI is InChI=1S/C14H13Cl3O/c1-8-5-10(13(17)7-14(8)18-2)11-6-9(15)3-4-12(11)16/h5-7H,3-4H2,1-2H3. The van der Waals surface area contributed by atoms with Gasteiger partial charge in [0.05, 0.1) is 12.1 Å². The first-order valence-electron chi connectivity index (χ1n) is 5.62. The van der Waals surface area contributed by atoms with E-state index in [0.29, 0.717) is 5.02 Å². The van der Waals surface area contributed by atoms with Crippen molar-refractivity contribution in [3.8, 4) is 5.75 Å². The molecule has 2 rings (SSSR count). The van der Waals surface area contributed by atoms with Gasteiger partial charge in [0.25, 0.3) is 0 Å². The molecule has 0 radical (unpaired) electrons. The highest BCUT2D eigenvalue weighted by Gasteiger charge is 2.16. The van der Waals surface area contributed by atoms with Crippen LogP contribution in [0.15, 0.2) is 28.3 Å². The van der Waals surface area contributed by atoms with E-state index in [1.807, 2.05) is 19.1 Å². The molecule has 0 fully saturated rings. The normalized spacial score (nSPS) is 15.7. The second-order valence-corrected chi connectivity index (χ2v) is 5.56. The molecular weight excluding hydrogens is 291 g/mol. The summed E-state index contributed by atoms with van der Waals surface area (Å²) < 4.78 is 5.24. The number of methoxy groups -OCH3 is 1. The Morgan fingerprint density at radius 2 is 1.83 bits per heavy atom. The molecule has 1 aromatic carbocycles. The Labute approximate surface area is 122 Å². The van der Waals surface area contributed by atoms with E-state index in [1.54, 1.807) is 13.2 Å². The van der Waals surface area contributed by atoms with Crippen molar-refractivity contribution in [2.24, 2.45) is 0 Å². The monoisotopic (exact) mass is 302 g/mol. The third-order valence-electron chi connectivity index (χ3n) is 2.95. The Kier molecular flexibility index (Phi) is 4.26. The average Bonchev–Trinajstić information content (AvgIpc) is 2.35. The summed E-state index contributed by atoms with van der Waals surface area (Å²) in [6, 6.07) is 3.78. The number of halogens is 3. The third-order valence-corrected chi connectivity index (χ3v) is 3.95. The molecule has 0 spiro atoms. The van der Waals surface area contributed by atoms with Gasteiger partial charge in [0.1, 0.15) is 5.75 Å². The summed E-state index contributed by atoms with van der Waals surface area (Å²) in [5, 5.41) is 2.22. The molecule has 4 heteroatoms. The van der Waals surface area contributed by atoms with Gasteiger partial charge in [-0.3, -0.25) is 0 Å². The predicted molar refractivity (Wildman–Crippen MR) is 78.7 cm³/mol. The molecule has 0 saturated carbocycles. The van der Waals surface area contributed by atoms with E-state index in [-0.39, 0.29) is 0 Å². The van der Waals surface area contributed by atoms with E-state index < -0.39 is 0 Å². The van der Waals surface area contributed by atoms with Crippen molar-refractivity contribution in [3.63, 3.8) is 0 Å². The van der Waals surface area contributed by atoms with Crippen LogP contribution in [0.25, 0.3) is 5.57 Å². The lowest BCUT2D eigenvalue weighted by molar-refractivity contribution is 0.411. The van der Waals surface area contributed by atoms with Gasteiger partial charge in [0.2, 0.25) is 0 Å². The molecule has 0 heterocycles. The molecule has 96 valence electrons. The van der Waals surface area contributed by atoms with Crippen molar-refractivity contribution in [3.05, 3.63) is 44.4 Å². The van der Waals surface area contributed by atoms with Gasteiger partial charge in [-0.2, -0.15) is 0 Å². The molecule has 0 saturated heterocycles. The van der Waals surface area contributed by atoms with Crippen LogP contribution in [-0.2, 0) is 0 Å². The van der Waals surface area contributed by atoms with E-state index in [4.69, 9.17) is 39.5 Å². The number of rotatable bonds is 2. The van der Waals surface area contributed by atoms with Crippen molar-refractivity contribution in [2.45, 2.75) is 19.8 Å². The molecule has 1 aliphatic rings. The molecule has 0 aromatic heterocycles. The average molecular weight is 304 g/mol. The number of ether oxygens (including phenoxy) is 1. The molecule has 0 aliphatic heterocycles. The van der Waals surface area contributed by atoms with E-state index in [9.17, 15) is 0 Å². The number of hydrogen-bond donors (Lipinski definition) is 0. The van der Waals surface area contributed by atoms with Crippen LogP contribution in [0.4, 0.5) is 0 Å². The fourth-order valence-electron chi connectivity index (χ4n) is 1.98. The van der Waals surface area contributed by atoms with Crippen molar-refractivity contribution in [1.82, 2.24) is 0 Å².